The van der Waals surface area contributed by atoms with E-state index in [9.17, 15) is 0 Å². The normalized spacial score (nSPS) is 29.9. The Morgan fingerprint density at radius 1 is 1.19 bits per heavy atom. The minimum Gasteiger partial charge on any atom is -0.469 e. The maximum Gasteiger partial charge on any atom is 0.191 e. The molecule has 3 unspecified atom stereocenters. The molecule has 2 N–H and O–H groups in total. The first-order valence-electron chi connectivity index (χ1n) is 11.8. The van der Waals surface area contributed by atoms with Crippen LogP contribution in [0.5, 0.6) is 0 Å². The second-order valence-corrected chi connectivity index (χ2v) is 9.25. The second kappa shape index (κ2) is 10.9. The summed E-state index contributed by atoms with van der Waals surface area (Å²) in [4.78, 5) is 7.41. The van der Waals surface area contributed by atoms with E-state index in [1.165, 1.54) is 32.1 Å². The van der Waals surface area contributed by atoms with Gasteiger partial charge in [0.2, 0.25) is 0 Å². The molecule has 3 heterocycles. The van der Waals surface area contributed by atoms with E-state index in [1.54, 1.807) is 6.26 Å². The van der Waals surface area contributed by atoms with Crippen molar-refractivity contribution in [3.8, 4) is 0 Å². The van der Waals surface area contributed by atoms with E-state index in [0.29, 0.717) is 23.5 Å². The van der Waals surface area contributed by atoms with E-state index < -0.39 is 0 Å². The minimum atomic E-state index is 0. The molecule has 2 aliphatic heterocycles. The molecule has 0 aromatic carbocycles. The van der Waals surface area contributed by atoms with Crippen molar-refractivity contribution in [1.29, 1.82) is 0 Å². The summed E-state index contributed by atoms with van der Waals surface area (Å²) in [5, 5.41) is 7.44. The highest BCUT2D eigenvalue weighted by Gasteiger charge is 2.65. The number of nitrogens with one attached hydrogen (secondary N) is 2. The van der Waals surface area contributed by atoms with Gasteiger partial charge in [0, 0.05) is 56.6 Å². The average molecular weight is 544 g/mol. The van der Waals surface area contributed by atoms with Crippen LogP contribution in [0.4, 0.5) is 0 Å². The standard InChI is InChI=1S/C23H36N4O3.HI/c1-2-8-23(7-1)20(19-6-15-30-21(19)23)26-22(24-9-5-18-4-3-14-29-18)25-10-11-27-12-16-28-17-13-27;/h3-4,14,19-21H,1-2,5-13,15-17H2,(H2,24,25,26);1H. The van der Waals surface area contributed by atoms with Gasteiger partial charge in [-0.05, 0) is 31.4 Å². The van der Waals surface area contributed by atoms with E-state index in [-0.39, 0.29) is 24.0 Å². The number of halogens is 1. The van der Waals surface area contributed by atoms with Gasteiger partial charge in [0.1, 0.15) is 5.76 Å². The molecule has 4 fully saturated rings. The Labute approximate surface area is 202 Å². The van der Waals surface area contributed by atoms with Crippen molar-refractivity contribution < 1.29 is 13.9 Å². The van der Waals surface area contributed by atoms with E-state index in [4.69, 9.17) is 18.9 Å². The number of hydrogen-bond acceptors (Lipinski definition) is 5. The van der Waals surface area contributed by atoms with Gasteiger partial charge in [0.05, 0.1) is 32.1 Å². The fourth-order valence-electron chi connectivity index (χ4n) is 6.09. The van der Waals surface area contributed by atoms with Gasteiger partial charge in [0.15, 0.2) is 5.96 Å². The van der Waals surface area contributed by atoms with Crippen molar-refractivity contribution >= 4 is 29.9 Å². The summed E-state index contributed by atoms with van der Waals surface area (Å²) in [7, 11) is 0. The zero-order chi connectivity index (χ0) is 20.2. The number of nitrogens with zero attached hydrogens (tertiary/aromatic N) is 2. The van der Waals surface area contributed by atoms with Gasteiger partial charge in [0.25, 0.3) is 0 Å². The van der Waals surface area contributed by atoms with Crippen LogP contribution in [0.1, 0.15) is 37.9 Å². The van der Waals surface area contributed by atoms with Crippen molar-refractivity contribution in [1.82, 2.24) is 15.5 Å². The van der Waals surface area contributed by atoms with E-state index in [0.717, 1.165) is 70.7 Å². The number of furan rings is 1. The zero-order valence-corrected chi connectivity index (χ0v) is 20.7. The highest BCUT2D eigenvalue weighted by atomic mass is 127. The van der Waals surface area contributed by atoms with Crippen LogP contribution in [-0.4, -0.2) is 75.5 Å². The van der Waals surface area contributed by atoms with Crippen LogP contribution in [0, 0.1) is 11.3 Å². The summed E-state index contributed by atoms with van der Waals surface area (Å²) in [6.07, 6.45) is 9.50. The number of rotatable bonds is 7. The predicted octanol–water partition coefficient (Wildman–Crippen LogP) is 2.66. The lowest BCUT2D eigenvalue weighted by Gasteiger charge is -2.57. The molecule has 31 heavy (non-hydrogen) atoms. The molecular weight excluding hydrogens is 507 g/mol. The molecule has 0 bridgehead atoms. The van der Waals surface area contributed by atoms with Crippen LogP contribution in [-0.2, 0) is 15.9 Å². The first kappa shape index (κ1) is 23.3. The minimum absolute atomic E-state index is 0. The highest BCUT2D eigenvalue weighted by molar-refractivity contribution is 14.0. The predicted molar refractivity (Wildman–Crippen MR) is 131 cm³/mol. The maximum absolute atomic E-state index is 6.16. The van der Waals surface area contributed by atoms with Crippen LogP contribution in [0.25, 0.3) is 0 Å². The molecule has 8 heteroatoms. The van der Waals surface area contributed by atoms with Crippen molar-refractivity contribution in [3.05, 3.63) is 24.2 Å². The first-order valence-corrected chi connectivity index (χ1v) is 11.8. The highest BCUT2D eigenvalue weighted by Crippen LogP contribution is 2.60. The van der Waals surface area contributed by atoms with Crippen LogP contribution in [0.15, 0.2) is 27.8 Å². The number of ether oxygens (including phenoxy) is 2. The lowest BCUT2D eigenvalue weighted by molar-refractivity contribution is -0.125. The number of aliphatic imine (C=N–C) groups is 1. The average Bonchev–Trinajstić information content (AvgIpc) is 3.53. The Balaban J connectivity index is 0.00000231. The quantitative estimate of drug-likeness (QED) is 0.313. The number of morpholine rings is 1. The summed E-state index contributed by atoms with van der Waals surface area (Å²) in [6, 6.07) is 4.47. The van der Waals surface area contributed by atoms with Gasteiger partial charge in [-0.2, -0.15) is 0 Å². The Kier molecular flexibility index (Phi) is 8.16. The summed E-state index contributed by atoms with van der Waals surface area (Å²) < 4.78 is 17.1. The Hall–Kier alpha value is -0.840. The molecule has 2 saturated heterocycles. The molecule has 4 aliphatic rings. The maximum atomic E-state index is 6.16. The van der Waals surface area contributed by atoms with Crippen molar-refractivity contribution in [2.75, 3.05) is 52.5 Å². The lowest BCUT2D eigenvalue weighted by Crippen LogP contribution is -2.69. The molecule has 2 saturated carbocycles. The van der Waals surface area contributed by atoms with Gasteiger partial charge in [-0.3, -0.25) is 9.89 Å². The van der Waals surface area contributed by atoms with Crippen molar-refractivity contribution in [2.45, 2.75) is 50.7 Å². The topological polar surface area (TPSA) is 71.3 Å². The van der Waals surface area contributed by atoms with Gasteiger partial charge in [-0.15, -0.1) is 24.0 Å². The molecule has 1 spiro atoms. The fourth-order valence-corrected chi connectivity index (χ4v) is 6.09. The molecule has 0 radical (unpaired) electrons. The molecule has 2 aliphatic carbocycles. The van der Waals surface area contributed by atoms with Crippen LogP contribution in [0.3, 0.4) is 0 Å². The molecule has 1 aromatic rings. The van der Waals surface area contributed by atoms with E-state index in [1.807, 2.05) is 12.1 Å². The third kappa shape index (κ3) is 5.07. The number of fused-ring (bicyclic) bond motifs is 2. The molecular formula is C23H37IN4O3. The van der Waals surface area contributed by atoms with Gasteiger partial charge < -0.3 is 24.5 Å². The SMILES string of the molecule is I.c1coc(CCNC(=NCCN2CCOCC2)NC2C3CCOC3C23CCCC3)c1. The van der Waals surface area contributed by atoms with Gasteiger partial charge in [-0.25, -0.2) is 0 Å². The summed E-state index contributed by atoms with van der Waals surface area (Å²) >= 11 is 0. The second-order valence-electron chi connectivity index (χ2n) is 9.25. The van der Waals surface area contributed by atoms with Crippen LogP contribution >= 0.6 is 24.0 Å². The fraction of sp³-hybridized carbons (Fsp3) is 0.783. The van der Waals surface area contributed by atoms with Crippen molar-refractivity contribution in [3.63, 3.8) is 0 Å². The lowest BCUT2D eigenvalue weighted by atomic mass is 9.54. The van der Waals surface area contributed by atoms with E-state index in [2.05, 4.69) is 15.5 Å². The van der Waals surface area contributed by atoms with Crippen LogP contribution in [0.2, 0.25) is 0 Å². The zero-order valence-electron chi connectivity index (χ0n) is 18.4. The van der Waals surface area contributed by atoms with E-state index >= 15 is 0 Å². The number of hydrogen-bond donors (Lipinski definition) is 2. The Morgan fingerprint density at radius 2 is 2.03 bits per heavy atom. The van der Waals surface area contributed by atoms with Gasteiger partial charge >= 0.3 is 0 Å². The van der Waals surface area contributed by atoms with Gasteiger partial charge in [-0.1, -0.05) is 12.8 Å². The number of guanidine groups is 1. The summed E-state index contributed by atoms with van der Waals surface area (Å²) in [6.45, 7) is 7.23. The molecule has 1 aromatic heterocycles. The third-order valence-electron chi connectivity index (χ3n) is 7.61. The summed E-state index contributed by atoms with van der Waals surface area (Å²) in [5.41, 5.74) is 0.328. The van der Waals surface area contributed by atoms with Crippen LogP contribution < -0.4 is 10.6 Å². The molecule has 7 nitrogen and oxygen atoms in total. The monoisotopic (exact) mass is 544 g/mol. The molecule has 0 amide bonds. The molecule has 5 rings (SSSR count). The largest absolute Gasteiger partial charge is 0.469 e. The Bertz CT molecular complexity index is 702. The van der Waals surface area contributed by atoms with Crippen molar-refractivity contribution in [2.24, 2.45) is 16.3 Å². The smallest absolute Gasteiger partial charge is 0.191 e. The molecule has 3 atom stereocenters. The Morgan fingerprint density at radius 3 is 2.81 bits per heavy atom. The molecule has 174 valence electrons. The summed E-state index contributed by atoms with van der Waals surface area (Å²) in [5.74, 6) is 2.60. The third-order valence-corrected chi connectivity index (χ3v) is 7.61. The first-order chi connectivity index (χ1) is 14.9.